The third-order valence-corrected chi connectivity index (χ3v) is 3.85. The molecule has 0 spiro atoms. The molecule has 0 aromatic heterocycles. The number of rotatable bonds is 3. The van der Waals surface area contributed by atoms with Gasteiger partial charge in [-0.1, -0.05) is 15.9 Å². The number of nitrogens with one attached hydrogen (secondary N) is 1. The number of phenols is 1. The van der Waals surface area contributed by atoms with Gasteiger partial charge in [-0.15, -0.1) is 0 Å². The zero-order chi connectivity index (χ0) is 13.1. The molecule has 0 radical (unpaired) electrons. The van der Waals surface area contributed by atoms with E-state index < -0.39 is 6.67 Å². The van der Waals surface area contributed by atoms with Crippen molar-refractivity contribution in [1.29, 1.82) is 0 Å². The molecule has 0 saturated carbocycles. The molecule has 5 heteroatoms. The number of benzene rings is 1. The fraction of sp³-hybridized carbons (Fsp3) is 0.538. The molecule has 1 aliphatic rings. The van der Waals surface area contributed by atoms with Gasteiger partial charge in [0, 0.05) is 36.2 Å². The van der Waals surface area contributed by atoms with E-state index in [2.05, 4.69) is 26.1 Å². The molecule has 1 fully saturated rings. The molecule has 1 aromatic carbocycles. The van der Waals surface area contributed by atoms with Crippen molar-refractivity contribution < 1.29 is 9.50 Å². The molecule has 1 saturated heterocycles. The highest BCUT2D eigenvalue weighted by atomic mass is 79.9. The number of halogens is 2. The molecule has 2 N–H and O–H groups in total. The lowest BCUT2D eigenvalue weighted by molar-refractivity contribution is 0.145. The number of hydrogen-bond donors (Lipinski definition) is 2. The molecule has 100 valence electrons. The van der Waals surface area contributed by atoms with Gasteiger partial charge in [0.2, 0.25) is 0 Å². The molecule has 2 rings (SSSR count). The lowest BCUT2D eigenvalue weighted by Crippen LogP contribution is -2.45. The molecule has 0 bridgehead atoms. The SMILES string of the molecule is Cc1cc(Br)cc([C@@H](CF)N2CCNCC2)c1O. The highest BCUT2D eigenvalue weighted by Gasteiger charge is 2.25. The maximum Gasteiger partial charge on any atom is 0.123 e. The molecule has 0 amide bonds. The van der Waals surface area contributed by atoms with E-state index >= 15 is 0 Å². The van der Waals surface area contributed by atoms with Gasteiger partial charge in [0.15, 0.2) is 0 Å². The lowest BCUT2D eigenvalue weighted by Gasteiger charge is -2.34. The number of alkyl halides is 1. The van der Waals surface area contributed by atoms with E-state index in [9.17, 15) is 9.50 Å². The Morgan fingerprint density at radius 1 is 1.44 bits per heavy atom. The van der Waals surface area contributed by atoms with E-state index in [0.29, 0.717) is 5.56 Å². The Bertz CT molecular complexity index is 422. The summed E-state index contributed by atoms with van der Waals surface area (Å²) < 4.78 is 14.3. The molecule has 1 atom stereocenters. The Balaban J connectivity index is 2.31. The van der Waals surface area contributed by atoms with Gasteiger partial charge in [0.1, 0.15) is 12.4 Å². The van der Waals surface area contributed by atoms with E-state index in [-0.39, 0.29) is 11.8 Å². The predicted octanol–water partition coefficient (Wildman–Crippen LogP) is 2.38. The molecule has 0 aliphatic carbocycles. The van der Waals surface area contributed by atoms with Gasteiger partial charge in [0.25, 0.3) is 0 Å². The summed E-state index contributed by atoms with van der Waals surface area (Å²) in [6, 6.07) is 3.30. The smallest absolute Gasteiger partial charge is 0.123 e. The van der Waals surface area contributed by atoms with Gasteiger partial charge in [-0.3, -0.25) is 4.90 Å². The Hall–Kier alpha value is -0.650. The molecule has 3 nitrogen and oxygen atoms in total. The fourth-order valence-electron chi connectivity index (χ4n) is 2.39. The van der Waals surface area contributed by atoms with Crippen LogP contribution in [0.1, 0.15) is 17.2 Å². The summed E-state index contributed by atoms with van der Waals surface area (Å²) in [5.41, 5.74) is 1.44. The number of aryl methyl sites for hydroxylation is 1. The van der Waals surface area contributed by atoms with E-state index in [1.54, 1.807) is 0 Å². The quantitative estimate of drug-likeness (QED) is 0.898. The van der Waals surface area contributed by atoms with Crippen molar-refractivity contribution in [2.24, 2.45) is 0 Å². The molecule has 1 heterocycles. The fourth-order valence-corrected chi connectivity index (χ4v) is 2.98. The van der Waals surface area contributed by atoms with Crippen LogP contribution in [0.25, 0.3) is 0 Å². The zero-order valence-electron chi connectivity index (χ0n) is 10.4. The summed E-state index contributed by atoms with van der Waals surface area (Å²) in [5.74, 6) is 0.208. The molecule has 18 heavy (non-hydrogen) atoms. The molecule has 1 aromatic rings. The maximum atomic E-state index is 13.4. The predicted molar refractivity (Wildman–Crippen MR) is 73.7 cm³/mol. The van der Waals surface area contributed by atoms with Crippen molar-refractivity contribution >= 4 is 15.9 Å². The van der Waals surface area contributed by atoms with Crippen LogP contribution in [0.4, 0.5) is 4.39 Å². The van der Waals surface area contributed by atoms with Crippen LogP contribution in [0.3, 0.4) is 0 Å². The minimum absolute atomic E-state index is 0.208. The topological polar surface area (TPSA) is 35.5 Å². The van der Waals surface area contributed by atoms with Crippen LogP contribution in [0.15, 0.2) is 16.6 Å². The second-order valence-electron chi connectivity index (χ2n) is 4.62. The maximum absolute atomic E-state index is 13.4. The summed E-state index contributed by atoms with van der Waals surface area (Å²) in [5, 5.41) is 13.4. The first-order chi connectivity index (χ1) is 8.63. The van der Waals surface area contributed by atoms with Crippen molar-refractivity contribution in [3.8, 4) is 5.75 Å². The highest BCUT2D eigenvalue weighted by molar-refractivity contribution is 9.10. The van der Waals surface area contributed by atoms with E-state index in [1.807, 2.05) is 19.1 Å². The van der Waals surface area contributed by atoms with Gasteiger partial charge in [-0.05, 0) is 24.6 Å². The number of aromatic hydroxyl groups is 1. The number of nitrogens with zero attached hydrogens (tertiary/aromatic N) is 1. The number of piperazine rings is 1. The monoisotopic (exact) mass is 316 g/mol. The summed E-state index contributed by atoms with van der Waals surface area (Å²) in [4.78, 5) is 2.08. The number of hydrogen-bond acceptors (Lipinski definition) is 3. The number of phenolic OH excluding ortho intramolecular Hbond substituents is 1. The van der Waals surface area contributed by atoms with Crippen molar-refractivity contribution in [2.45, 2.75) is 13.0 Å². The van der Waals surface area contributed by atoms with Gasteiger partial charge >= 0.3 is 0 Å². The van der Waals surface area contributed by atoms with Crippen LogP contribution >= 0.6 is 15.9 Å². The molecular weight excluding hydrogens is 299 g/mol. The van der Waals surface area contributed by atoms with Gasteiger partial charge < -0.3 is 10.4 Å². The van der Waals surface area contributed by atoms with Crippen molar-refractivity contribution in [1.82, 2.24) is 10.2 Å². The Kier molecular flexibility index (Phi) is 4.59. The second kappa shape index (κ2) is 5.99. The van der Waals surface area contributed by atoms with Crippen molar-refractivity contribution in [2.75, 3.05) is 32.9 Å². The minimum atomic E-state index is -0.483. The van der Waals surface area contributed by atoms with Crippen LogP contribution in [-0.4, -0.2) is 42.9 Å². The Labute approximate surface area is 115 Å². The minimum Gasteiger partial charge on any atom is -0.507 e. The van der Waals surface area contributed by atoms with Crippen molar-refractivity contribution in [3.63, 3.8) is 0 Å². The standard InChI is InChI=1S/C13H18BrFN2O/c1-9-6-10(14)7-11(13(9)18)12(8-15)17-4-2-16-3-5-17/h6-7,12,16,18H,2-5,8H2,1H3/t12-/m1/s1. The van der Waals surface area contributed by atoms with E-state index in [4.69, 9.17) is 0 Å². The van der Waals surface area contributed by atoms with Crippen LogP contribution in [0.5, 0.6) is 5.75 Å². The van der Waals surface area contributed by atoms with Crippen LogP contribution in [0.2, 0.25) is 0 Å². The molecule has 1 aliphatic heterocycles. The summed E-state index contributed by atoms with van der Waals surface area (Å²) >= 11 is 3.40. The molecular formula is C13H18BrFN2O. The van der Waals surface area contributed by atoms with E-state index in [1.165, 1.54) is 0 Å². The van der Waals surface area contributed by atoms with E-state index in [0.717, 1.165) is 36.2 Å². The van der Waals surface area contributed by atoms with Gasteiger partial charge in [0.05, 0.1) is 6.04 Å². The first kappa shape index (κ1) is 13.8. The van der Waals surface area contributed by atoms with Crippen LogP contribution in [0, 0.1) is 6.92 Å². The highest BCUT2D eigenvalue weighted by Crippen LogP contribution is 2.34. The molecule has 0 unspecified atom stereocenters. The third kappa shape index (κ3) is 2.84. The lowest BCUT2D eigenvalue weighted by atomic mass is 10.0. The van der Waals surface area contributed by atoms with Crippen LogP contribution < -0.4 is 5.32 Å². The van der Waals surface area contributed by atoms with Crippen LogP contribution in [-0.2, 0) is 0 Å². The second-order valence-corrected chi connectivity index (χ2v) is 5.53. The normalized spacial score (nSPS) is 18.8. The largest absolute Gasteiger partial charge is 0.507 e. The summed E-state index contributed by atoms with van der Waals surface area (Å²) in [6.45, 7) is 4.69. The van der Waals surface area contributed by atoms with Gasteiger partial charge in [-0.25, -0.2) is 4.39 Å². The first-order valence-electron chi connectivity index (χ1n) is 6.13. The average molecular weight is 317 g/mol. The third-order valence-electron chi connectivity index (χ3n) is 3.39. The van der Waals surface area contributed by atoms with Crippen molar-refractivity contribution in [3.05, 3.63) is 27.7 Å². The Morgan fingerprint density at radius 3 is 2.72 bits per heavy atom. The first-order valence-corrected chi connectivity index (χ1v) is 6.92. The van der Waals surface area contributed by atoms with Gasteiger partial charge in [-0.2, -0.15) is 0 Å². The average Bonchev–Trinajstić information content (AvgIpc) is 2.37. The Morgan fingerprint density at radius 2 is 2.11 bits per heavy atom. The zero-order valence-corrected chi connectivity index (χ0v) is 12.0. The summed E-state index contributed by atoms with van der Waals surface area (Å²) in [6.07, 6.45) is 0. The summed E-state index contributed by atoms with van der Waals surface area (Å²) in [7, 11) is 0.